The van der Waals surface area contributed by atoms with Crippen LogP contribution in [0.15, 0.2) is 30.5 Å². The van der Waals surface area contributed by atoms with Crippen molar-refractivity contribution in [1.29, 1.82) is 0 Å². The van der Waals surface area contributed by atoms with Crippen LogP contribution in [0.1, 0.15) is 44.1 Å². The van der Waals surface area contributed by atoms with Crippen LogP contribution in [0.5, 0.6) is 0 Å². The number of aromatic nitrogens is 1. The Bertz CT molecular complexity index is 650. The van der Waals surface area contributed by atoms with Crippen molar-refractivity contribution < 1.29 is 9.90 Å². The van der Waals surface area contributed by atoms with Crippen LogP contribution in [0.2, 0.25) is 0 Å². The molecule has 4 nitrogen and oxygen atoms in total. The summed E-state index contributed by atoms with van der Waals surface area (Å²) in [7, 11) is 0. The van der Waals surface area contributed by atoms with E-state index in [1.165, 1.54) is 10.9 Å². The van der Waals surface area contributed by atoms with Crippen molar-refractivity contribution in [3.8, 4) is 0 Å². The lowest BCUT2D eigenvalue weighted by atomic mass is 9.87. The molecule has 1 heterocycles. The Hall–Kier alpha value is -1.81. The smallest absolute Gasteiger partial charge is 0.220 e. The van der Waals surface area contributed by atoms with Gasteiger partial charge < -0.3 is 15.4 Å². The molecule has 0 bridgehead atoms. The number of carbonyl (C=O) groups is 1. The van der Waals surface area contributed by atoms with Gasteiger partial charge in [0.05, 0.1) is 6.10 Å². The fraction of sp³-hybridized carbons (Fsp3) is 0.526. The minimum atomic E-state index is -0.174. The summed E-state index contributed by atoms with van der Waals surface area (Å²) in [4.78, 5) is 15.3. The zero-order valence-corrected chi connectivity index (χ0v) is 13.6. The van der Waals surface area contributed by atoms with Crippen molar-refractivity contribution in [2.75, 3.05) is 6.54 Å². The second-order valence-electron chi connectivity index (χ2n) is 6.70. The number of H-pyrrole nitrogens is 1. The molecule has 2 unspecified atom stereocenters. The summed E-state index contributed by atoms with van der Waals surface area (Å²) in [5.41, 5.74) is 2.44. The number of aryl methyl sites for hydroxylation is 1. The van der Waals surface area contributed by atoms with Crippen molar-refractivity contribution >= 4 is 16.8 Å². The van der Waals surface area contributed by atoms with Gasteiger partial charge in [0, 0.05) is 30.1 Å². The summed E-state index contributed by atoms with van der Waals surface area (Å²) >= 11 is 0. The van der Waals surface area contributed by atoms with Gasteiger partial charge in [-0.3, -0.25) is 4.79 Å². The van der Waals surface area contributed by atoms with E-state index in [2.05, 4.69) is 22.4 Å². The van der Waals surface area contributed by atoms with E-state index in [9.17, 15) is 9.90 Å². The number of aliphatic hydroxyl groups is 1. The van der Waals surface area contributed by atoms with Crippen LogP contribution < -0.4 is 5.32 Å². The summed E-state index contributed by atoms with van der Waals surface area (Å²) in [6.07, 6.45) is 8.15. The quantitative estimate of drug-likeness (QED) is 0.767. The summed E-state index contributed by atoms with van der Waals surface area (Å²) in [5.74, 6) is 0.571. The Morgan fingerprint density at radius 2 is 2.17 bits per heavy atom. The molecule has 0 radical (unpaired) electrons. The third kappa shape index (κ3) is 4.35. The van der Waals surface area contributed by atoms with E-state index >= 15 is 0 Å². The van der Waals surface area contributed by atoms with Gasteiger partial charge in [-0.15, -0.1) is 0 Å². The molecule has 1 fully saturated rings. The highest BCUT2D eigenvalue weighted by molar-refractivity contribution is 5.83. The van der Waals surface area contributed by atoms with Crippen LogP contribution >= 0.6 is 0 Å². The Kier molecular flexibility index (Phi) is 5.34. The molecule has 2 aromatic rings. The zero-order valence-electron chi connectivity index (χ0n) is 13.6. The molecular formula is C19H26N2O2. The van der Waals surface area contributed by atoms with Crippen molar-refractivity contribution in [1.82, 2.24) is 10.3 Å². The number of nitrogens with one attached hydrogen (secondary N) is 2. The van der Waals surface area contributed by atoms with E-state index in [0.717, 1.165) is 44.0 Å². The maximum absolute atomic E-state index is 12.0. The van der Waals surface area contributed by atoms with Gasteiger partial charge in [-0.05, 0) is 49.7 Å². The number of amides is 1. The molecule has 3 N–H and O–H groups in total. The molecule has 1 saturated carbocycles. The number of carbonyl (C=O) groups excluding carboxylic acids is 1. The van der Waals surface area contributed by atoms with Crippen LogP contribution in [0.25, 0.3) is 10.9 Å². The Balaban J connectivity index is 1.39. The Morgan fingerprint density at radius 1 is 1.30 bits per heavy atom. The number of benzene rings is 1. The van der Waals surface area contributed by atoms with Gasteiger partial charge >= 0.3 is 0 Å². The highest BCUT2D eigenvalue weighted by Crippen LogP contribution is 2.23. The zero-order chi connectivity index (χ0) is 16.1. The van der Waals surface area contributed by atoms with Gasteiger partial charge in [0.25, 0.3) is 0 Å². The average molecular weight is 314 g/mol. The number of rotatable bonds is 6. The molecule has 0 saturated heterocycles. The summed E-state index contributed by atoms with van der Waals surface area (Å²) in [6, 6.07) is 8.27. The lowest BCUT2D eigenvalue weighted by Crippen LogP contribution is -2.32. The van der Waals surface area contributed by atoms with E-state index < -0.39 is 0 Å². The Morgan fingerprint density at radius 3 is 3.04 bits per heavy atom. The fourth-order valence-electron chi connectivity index (χ4n) is 3.57. The number of aliphatic hydroxyl groups excluding tert-OH is 1. The van der Waals surface area contributed by atoms with Crippen molar-refractivity contribution in [2.24, 2.45) is 5.92 Å². The number of fused-ring (bicyclic) bond motifs is 1. The van der Waals surface area contributed by atoms with Gasteiger partial charge in [0.15, 0.2) is 0 Å². The SMILES string of the molecule is O=C(CCCc1c[nH]c2ccccc12)NCC1CCCC(O)C1. The minimum Gasteiger partial charge on any atom is -0.393 e. The number of para-hydroxylation sites is 1. The normalized spacial score (nSPS) is 21.4. The summed E-state index contributed by atoms with van der Waals surface area (Å²) in [5, 5.41) is 13.9. The lowest BCUT2D eigenvalue weighted by Gasteiger charge is -2.25. The maximum atomic E-state index is 12.0. The van der Waals surface area contributed by atoms with Crippen molar-refractivity contribution in [2.45, 2.75) is 51.0 Å². The van der Waals surface area contributed by atoms with Crippen molar-refractivity contribution in [3.63, 3.8) is 0 Å². The van der Waals surface area contributed by atoms with Crippen LogP contribution in [0.4, 0.5) is 0 Å². The topological polar surface area (TPSA) is 65.1 Å². The molecule has 1 aromatic heterocycles. The van der Waals surface area contributed by atoms with Crippen LogP contribution in [0, 0.1) is 5.92 Å². The van der Waals surface area contributed by atoms with Gasteiger partial charge in [-0.1, -0.05) is 24.6 Å². The number of hydrogen-bond donors (Lipinski definition) is 3. The number of hydrogen-bond acceptors (Lipinski definition) is 2. The van der Waals surface area contributed by atoms with E-state index in [4.69, 9.17) is 0 Å². The van der Waals surface area contributed by atoms with E-state index in [0.29, 0.717) is 18.9 Å². The molecule has 2 atom stereocenters. The maximum Gasteiger partial charge on any atom is 0.220 e. The second kappa shape index (κ2) is 7.64. The van der Waals surface area contributed by atoms with Crippen molar-refractivity contribution in [3.05, 3.63) is 36.0 Å². The fourth-order valence-corrected chi connectivity index (χ4v) is 3.57. The molecule has 0 spiro atoms. The second-order valence-corrected chi connectivity index (χ2v) is 6.70. The van der Waals surface area contributed by atoms with Gasteiger partial charge in [0.2, 0.25) is 5.91 Å². The monoisotopic (exact) mass is 314 g/mol. The molecule has 1 aromatic carbocycles. The summed E-state index contributed by atoms with van der Waals surface area (Å²) < 4.78 is 0. The van der Waals surface area contributed by atoms with Gasteiger partial charge in [0.1, 0.15) is 0 Å². The molecule has 1 amide bonds. The van der Waals surface area contributed by atoms with Crippen LogP contribution in [0.3, 0.4) is 0 Å². The lowest BCUT2D eigenvalue weighted by molar-refractivity contribution is -0.121. The van der Waals surface area contributed by atoms with E-state index in [1.54, 1.807) is 0 Å². The third-order valence-electron chi connectivity index (χ3n) is 4.87. The first kappa shape index (κ1) is 16.1. The molecule has 124 valence electrons. The number of aromatic amines is 1. The summed E-state index contributed by atoms with van der Waals surface area (Å²) in [6.45, 7) is 0.711. The van der Waals surface area contributed by atoms with Crippen LogP contribution in [-0.2, 0) is 11.2 Å². The minimum absolute atomic E-state index is 0.130. The first-order valence-electron chi connectivity index (χ1n) is 8.72. The molecule has 0 aliphatic heterocycles. The largest absolute Gasteiger partial charge is 0.393 e. The molecule has 3 rings (SSSR count). The van der Waals surface area contributed by atoms with Gasteiger partial charge in [-0.25, -0.2) is 0 Å². The van der Waals surface area contributed by atoms with E-state index in [1.807, 2.05) is 18.3 Å². The third-order valence-corrected chi connectivity index (χ3v) is 4.87. The Labute approximate surface area is 137 Å². The molecule has 1 aliphatic carbocycles. The van der Waals surface area contributed by atoms with E-state index in [-0.39, 0.29) is 12.0 Å². The highest BCUT2D eigenvalue weighted by atomic mass is 16.3. The first-order chi connectivity index (χ1) is 11.2. The molecule has 1 aliphatic rings. The standard InChI is InChI=1S/C19H26N2O2/c22-16-7-3-5-14(11-16)12-21-19(23)10-4-6-15-13-20-18-9-2-1-8-17(15)18/h1-2,8-9,13-14,16,20,22H,3-7,10-12H2,(H,21,23). The predicted octanol–water partition coefficient (Wildman–Crippen LogP) is 3.16. The molecular weight excluding hydrogens is 288 g/mol. The molecule has 4 heteroatoms. The molecule has 23 heavy (non-hydrogen) atoms. The highest BCUT2D eigenvalue weighted by Gasteiger charge is 2.20. The first-order valence-corrected chi connectivity index (χ1v) is 8.72. The average Bonchev–Trinajstić information content (AvgIpc) is 2.97. The van der Waals surface area contributed by atoms with Gasteiger partial charge in [-0.2, -0.15) is 0 Å². The van der Waals surface area contributed by atoms with Crippen LogP contribution in [-0.4, -0.2) is 28.6 Å². The predicted molar refractivity (Wildman–Crippen MR) is 92.2 cm³/mol.